The van der Waals surface area contributed by atoms with E-state index in [-0.39, 0.29) is 69.0 Å². The van der Waals surface area contributed by atoms with E-state index in [9.17, 15) is 30.0 Å². The third kappa shape index (κ3) is 5.95. The summed E-state index contributed by atoms with van der Waals surface area (Å²) >= 11 is 0. The number of aromatic carboxylic acids is 2. The Morgan fingerprint density at radius 1 is 0.525 bits per heavy atom. The van der Waals surface area contributed by atoms with Crippen LogP contribution in [0.15, 0.2) is 44.2 Å². The lowest BCUT2D eigenvalue weighted by Gasteiger charge is -2.26. The van der Waals surface area contributed by atoms with Crippen LogP contribution in [0.4, 0.5) is 0 Å². The molecule has 0 unspecified atom stereocenters. The van der Waals surface area contributed by atoms with Gasteiger partial charge in [0.15, 0.2) is 0 Å². The molecule has 4 bridgehead atoms. The van der Waals surface area contributed by atoms with Gasteiger partial charge in [0.1, 0.15) is 11.5 Å². The zero-order valence-electron chi connectivity index (χ0n) is 22.0. The van der Waals surface area contributed by atoms with Gasteiger partial charge in [0.2, 0.25) is 0 Å². The van der Waals surface area contributed by atoms with Crippen molar-refractivity contribution in [2.45, 2.75) is 75.5 Å². The summed E-state index contributed by atoms with van der Waals surface area (Å²) in [6.45, 7) is 0. The smallest absolute Gasteiger partial charge is 0.335 e. The maximum atomic E-state index is 11.8. The minimum absolute atomic E-state index is 0.0229. The first-order valence-corrected chi connectivity index (χ1v) is 13.6. The maximum absolute atomic E-state index is 11.8. The Balaban J connectivity index is 1.65. The second-order valence-corrected chi connectivity index (χ2v) is 10.6. The van der Waals surface area contributed by atoms with Crippen LogP contribution in [-0.4, -0.2) is 81.4 Å². The lowest BCUT2D eigenvalue weighted by atomic mass is 9.90. The summed E-state index contributed by atoms with van der Waals surface area (Å²) in [5, 5.41) is 41.4. The van der Waals surface area contributed by atoms with E-state index in [0.717, 1.165) is 51.4 Å². The summed E-state index contributed by atoms with van der Waals surface area (Å²) in [5.74, 6) is -2.42. The number of rotatable bonds is 2. The van der Waals surface area contributed by atoms with Gasteiger partial charge in [-0.1, -0.05) is 25.7 Å². The zero-order valence-corrected chi connectivity index (χ0v) is 22.0. The first kappa shape index (κ1) is 27.2. The minimum atomic E-state index is -1.12. The van der Waals surface area contributed by atoms with E-state index < -0.39 is 11.9 Å². The third-order valence-corrected chi connectivity index (χ3v) is 7.84. The highest BCUT2D eigenvalue weighted by Crippen LogP contribution is 2.30. The summed E-state index contributed by atoms with van der Waals surface area (Å²) in [6.07, 6.45) is 12.7. The lowest BCUT2D eigenvalue weighted by Crippen LogP contribution is -2.27. The summed E-state index contributed by atoms with van der Waals surface area (Å²) < 4.78 is 0. The predicted molar refractivity (Wildman–Crippen MR) is 153 cm³/mol. The molecule has 2 aromatic rings. The van der Waals surface area contributed by atoms with Crippen molar-refractivity contribution in [2.75, 3.05) is 0 Å². The van der Waals surface area contributed by atoms with Crippen molar-refractivity contribution < 1.29 is 30.0 Å². The fourth-order valence-electron chi connectivity index (χ4n) is 5.58. The van der Waals surface area contributed by atoms with Crippen LogP contribution in [0.2, 0.25) is 0 Å². The number of carboxylic acid groups (broad SMARTS) is 2. The quantitative estimate of drug-likeness (QED) is 0.434. The molecule has 0 aromatic heterocycles. The van der Waals surface area contributed by atoms with Gasteiger partial charge in [0.25, 0.3) is 0 Å². The van der Waals surface area contributed by atoms with E-state index in [0.29, 0.717) is 0 Å². The van der Waals surface area contributed by atoms with E-state index in [1.807, 2.05) is 0 Å². The molecule has 4 atom stereocenters. The van der Waals surface area contributed by atoms with Gasteiger partial charge in [0.05, 0.1) is 35.3 Å². The lowest BCUT2D eigenvalue weighted by molar-refractivity contribution is 0.0686. The van der Waals surface area contributed by atoms with Crippen LogP contribution in [-0.2, 0) is 0 Å². The fourth-order valence-corrected chi connectivity index (χ4v) is 5.58. The highest BCUT2D eigenvalue weighted by atomic mass is 16.4. The Labute approximate surface area is 231 Å². The summed E-state index contributed by atoms with van der Waals surface area (Å²) in [5.41, 5.74) is 1.18. The molecule has 2 fully saturated rings. The first-order chi connectivity index (χ1) is 19.3. The van der Waals surface area contributed by atoms with E-state index in [1.165, 1.54) is 49.1 Å². The molecule has 10 nitrogen and oxygen atoms in total. The van der Waals surface area contributed by atoms with Gasteiger partial charge in [-0.25, -0.2) is 9.59 Å². The summed E-state index contributed by atoms with van der Waals surface area (Å²) in [7, 11) is 0. The Hall–Kier alpha value is -4.34. The molecule has 4 N–H and O–H groups in total. The molecule has 0 saturated heterocycles. The standard InChI is InChI=1S/C30H32N4O6/c35-27-19-9-17(29(37)38)11-21(27)15-33-25-7-3-4-8-26(25)34-16-22-12-18(30(39)40)10-20(28(22)36)14-32-24-6-2-1-5-23(24)31-13-19/h9-16,23-26,35-36H,1-8H2,(H,37,38)(H,39,40)/t23-,24-,25+,26+. The van der Waals surface area contributed by atoms with Crippen molar-refractivity contribution >= 4 is 36.8 Å². The molecular formula is C30H32N4O6. The predicted octanol–water partition coefficient (Wildman–Crippen LogP) is 4.51. The number of phenolic OH excluding ortho intramolecular Hbond substituents is 2. The topological polar surface area (TPSA) is 164 Å². The average molecular weight is 545 g/mol. The summed E-state index contributed by atoms with van der Waals surface area (Å²) in [4.78, 5) is 42.5. The molecule has 2 saturated carbocycles. The molecule has 3 aliphatic rings. The van der Waals surface area contributed by atoms with E-state index in [4.69, 9.17) is 20.0 Å². The highest BCUT2D eigenvalue weighted by Gasteiger charge is 2.26. The number of aliphatic imine (C=N–C) groups is 4. The number of phenols is 2. The van der Waals surface area contributed by atoms with Crippen molar-refractivity contribution in [1.29, 1.82) is 0 Å². The second-order valence-electron chi connectivity index (χ2n) is 10.6. The number of fused-ring (bicyclic) bond motifs is 6. The van der Waals surface area contributed by atoms with E-state index in [2.05, 4.69) is 0 Å². The SMILES string of the molecule is O=C(O)c1cc2c(O)c(c1)C=N[C@@H]1CCCC[C@H]1N=Cc1cc(C(=O)O)cc(c1O)C=N[C@H]1CCCC[C@@H]1N=C2. The van der Waals surface area contributed by atoms with Gasteiger partial charge in [0, 0.05) is 47.1 Å². The monoisotopic (exact) mass is 544 g/mol. The summed E-state index contributed by atoms with van der Waals surface area (Å²) in [6, 6.07) is 4.63. The number of carbonyl (C=O) groups is 2. The number of nitrogens with zero attached hydrogens (tertiary/aromatic N) is 4. The Morgan fingerprint density at radius 2 is 0.775 bits per heavy atom. The van der Waals surface area contributed by atoms with Gasteiger partial charge in [-0.3, -0.25) is 20.0 Å². The number of hydrogen-bond acceptors (Lipinski definition) is 8. The van der Waals surface area contributed by atoms with Crippen molar-refractivity contribution in [1.82, 2.24) is 0 Å². The van der Waals surface area contributed by atoms with Gasteiger partial charge in [-0.2, -0.15) is 0 Å². The Kier molecular flexibility index (Phi) is 8.04. The van der Waals surface area contributed by atoms with Gasteiger partial charge < -0.3 is 20.4 Å². The molecule has 208 valence electrons. The average Bonchev–Trinajstić information content (AvgIpc) is 2.95. The number of aromatic hydroxyl groups is 2. The molecule has 5 rings (SSSR count). The molecule has 1 heterocycles. The largest absolute Gasteiger partial charge is 0.507 e. The fraction of sp³-hybridized carbons (Fsp3) is 0.400. The van der Waals surface area contributed by atoms with Crippen LogP contribution in [0.5, 0.6) is 11.5 Å². The maximum Gasteiger partial charge on any atom is 0.335 e. The van der Waals surface area contributed by atoms with Gasteiger partial charge in [-0.15, -0.1) is 0 Å². The van der Waals surface area contributed by atoms with Crippen LogP contribution in [0, 0.1) is 0 Å². The van der Waals surface area contributed by atoms with Crippen LogP contribution < -0.4 is 0 Å². The molecule has 2 aromatic carbocycles. The van der Waals surface area contributed by atoms with Crippen molar-refractivity contribution in [2.24, 2.45) is 20.0 Å². The van der Waals surface area contributed by atoms with Crippen molar-refractivity contribution in [3.05, 3.63) is 57.6 Å². The minimum Gasteiger partial charge on any atom is -0.507 e. The number of benzene rings is 2. The molecule has 0 radical (unpaired) electrons. The molecule has 1 aliphatic heterocycles. The van der Waals surface area contributed by atoms with Crippen molar-refractivity contribution in [3.8, 4) is 11.5 Å². The Bertz CT molecular complexity index is 1240. The van der Waals surface area contributed by atoms with Crippen LogP contribution in [0.1, 0.15) is 94.3 Å². The molecular weight excluding hydrogens is 512 g/mol. The van der Waals surface area contributed by atoms with E-state index >= 15 is 0 Å². The normalized spacial score (nSPS) is 24.4. The molecule has 40 heavy (non-hydrogen) atoms. The number of carboxylic acids is 2. The van der Waals surface area contributed by atoms with Crippen LogP contribution in [0.3, 0.4) is 0 Å². The van der Waals surface area contributed by atoms with Gasteiger partial charge in [-0.05, 0) is 49.9 Å². The second kappa shape index (κ2) is 11.8. The Morgan fingerprint density at radius 3 is 1.00 bits per heavy atom. The molecule has 10 heteroatoms. The zero-order chi connectivity index (χ0) is 28.2. The number of hydrogen-bond donors (Lipinski definition) is 4. The molecule has 2 aliphatic carbocycles. The van der Waals surface area contributed by atoms with Crippen LogP contribution >= 0.6 is 0 Å². The van der Waals surface area contributed by atoms with Crippen molar-refractivity contribution in [3.63, 3.8) is 0 Å². The molecule has 0 spiro atoms. The van der Waals surface area contributed by atoms with E-state index in [1.54, 1.807) is 0 Å². The third-order valence-electron chi connectivity index (χ3n) is 7.84. The van der Waals surface area contributed by atoms with Gasteiger partial charge >= 0.3 is 11.9 Å². The first-order valence-electron chi connectivity index (χ1n) is 13.6. The molecule has 0 amide bonds. The highest BCUT2D eigenvalue weighted by molar-refractivity contribution is 5.99. The van der Waals surface area contributed by atoms with Crippen LogP contribution in [0.25, 0.3) is 0 Å².